The molecule has 6 rings (SSSR count). The van der Waals surface area contributed by atoms with Crippen LogP contribution in [0.2, 0.25) is 0 Å². The molecule has 3 heterocycles. The number of hydrogen-bond acceptors (Lipinski definition) is 7. The Morgan fingerprint density at radius 1 is 1.07 bits per heavy atom. The highest BCUT2D eigenvalue weighted by atomic mass is 19.3. The van der Waals surface area contributed by atoms with Crippen LogP contribution in [0.15, 0.2) is 72.9 Å². The van der Waals surface area contributed by atoms with Gasteiger partial charge in [0, 0.05) is 24.5 Å². The molecule has 4 aromatic rings. The molecule has 2 N–H and O–H groups in total. The van der Waals surface area contributed by atoms with Gasteiger partial charge in [-0.1, -0.05) is 18.2 Å². The van der Waals surface area contributed by atoms with E-state index in [0.717, 1.165) is 17.3 Å². The van der Waals surface area contributed by atoms with Gasteiger partial charge in [-0.3, -0.25) is 9.59 Å². The highest BCUT2D eigenvalue weighted by Gasteiger charge is 2.39. The largest absolute Gasteiger partial charge is 0.486 e. The van der Waals surface area contributed by atoms with Gasteiger partial charge < -0.3 is 29.6 Å². The third kappa shape index (κ3) is 6.30. The maximum atomic E-state index is 13.7. The van der Waals surface area contributed by atoms with E-state index in [9.17, 15) is 18.4 Å². The van der Waals surface area contributed by atoms with Crippen LogP contribution >= 0.6 is 0 Å². The van der Waals surface area contributed by atoms with Gasteiger partial charge in [0.15, 0.2) is 23.7 Å². The summed E-state index contributed by atoms with van der Waals surface area (Å²) >= 11 is 0. The first-order valence-corrected chi connectivity index (χ1v) is 14.4. The van der Waals surface area contributed by atoms with E-state index in [2.05, 4.69) is 15.7 Å². The summed E-state index contributed by atoms with van der Waals surface area (Å²) in [5.41, 5.74) is 1.96. The van der Waals surface area contributed by atoms with E-state index in [1.807, 2.05) is 18.2 Å². The fourth-order valence-electron chi connectivity index (χ4n) is 5.26. The number of halogens is 2. The fraction of sp³-hybridized carbons (Fsp3) is 0.344. The number of fused-ring (bicyclic) bond motifs is 2. The molecule has 12 heteroatoms. The van der Waals surface area contributed by atoms with Crippen molar-refractivity contribution in [2.75, 3.05) is 19.8 Å². The van der Waals surface area contributed by atoms with E-state index < -0.39 is 30.1 Å². The van der Waals surface area contributed by atoms with Crippen LogP contribution < -0.4 is 24.8 Å². The van der Waals surface area contributed by atoms with Crippen LogP contribution in [0.3, 0.4) is 0 Å². The molecular formula is C32H32F2N4O6. The zero-order chi connectivity index (χ0) is 30.8. The molecule has 4 atom stereocenters. The Hall–Kier alpha value is -4.71. The second-order valence-electron chi connectivity index (χ2n) is 11.0. The predicted octanol–water partition coefficient (Wildman–Crippen LogP) is 4.29. The standard InChI is InChI=1S/C32H32F2N4O6/c1-19(36-31(40)32(2,33)34)29(28-18-42-26-8-3-4-9-27(26)44-28)43-24-10-11-25-21(15-24)16-35-38(25)23-7-5-6-20(14-23)30(39)37-22-12-13-41-17-22/h3-11,14-16,19,22,28-29H,12-13,17-18H2,1-2H3,(H,36,40)(H,37,39)/t19-,22?,28?,29+/m0/s1. The highest BCUT2D eigenvalue weighted by molar-refractivity contribution is 5.95. The third-order valence-electron chi connectivity index (χ3n) is 7.58. The maximum absolute atomic E-state index is 13.7. The summed E-state index contributed by atoms with van der Waals surface area (Å²) in [5, 5.41) is 10.6. The molecular weight excluding hydrogens is 574 g/mol. The molecule has 2 amide bonds. The van der Waals surface area contributed by atoms with E-state index in [1.165, 1.54) is 0 Å². The first-order chi connectivity index (χ1) is 21.2. The fourth-order valence-corrected chi connectivity index (χ4v) is 5.26. The molecule has 0 saturated carbocycles. The minimum absolute atomic E-state index is 0.00578. The number of rotatable bonds is 9. The lowest BCUT2D eigenvalue weighted by atomic mass is 10.1. The summed E-state index contributed by atoms with van der Waals surface area (Å²) < 4.78 is 52.8. The Kier molecular flexibility index (Phi) is 8.09. The third-order valence-corrected chi connectivity index (χ3v) is 7.58. The van der Waals surface area contributed by atoms with E-state index in [4.69, 9.17) is 18.9 Å². The summed E-state index contributed by atoms with van der Waals surface area (Å²) in [6, 6.07) is 18.7. The van der Waals surface area contributed by atoms with Crippen LogP contribution in [0.1, 0.15) is 30.6 Å². The highest BCUT2D eigenvalue weighted by Crippen LogP contribution is 2.33. The second kappa shape index (κ2) is 12.1. The van der Waals surface area contributed by atoms with Gasteiger partial charge in [0.1, 0.15) is 12.4 Å². The van der Waals surface area contributed by atoms with E-state index >= 15 is 0 Å². The van der Waals surface area contributed by atoms with Crippen molar-refractivity contribution in [3.8, 4) is 22.9 Å². The Morgan fingerprint density at radius 3 is 2.66 bits per heavy atom. The summed E-state index contributed by atoms with van der Waals surface area (Å²) in [5.74, 6) is -3.70. The molecule has 0 radical (unpaired) electrons. The van der Waals surface area contributed by atoms with Crippen molar-refractivity contribution >= 4 is 22.7 Å². The number of ether oxygens (including phenoxy) is 4. The van der Waals surface area contributed by atoms with Crippen molar-refractivity contribution in [3.05, 3.63) is 78.5 Å². The van der Waals surface area contributed by atoms with E-state index in [0.29, 0.717) is 48.6 Å². The molecule has 3 aromatic carbocycles. The SMILES string of the molecule is C[C@H](NC(=O)C(C)(F)F)[C@@H](Oc1ccc2c(cnn2-c2cccc(C(=O)NC3CCOC3)c2)c1)C1COc2ccccc2O1. The minimum atomic E-state index is -3.56. The van der Waals surface area contributed by atoms with E-state index in [1.54, 1.807) is 66.3 Å². The smallest absolute Gasteiger partial charge is 0.321 e. The number of aromatic nitrogens is 2. The predicted molar refractivity (Wildman–Crippen MR) is 157 cm³/mol. The Morgan fingerprint density at radius 2 is 1.89 bits per heavy atom. The number of alkyl halides is 2. The average molecular weight is 607 g/mol. The molecule has 44 heavy (non-hydrogen) atoms. The van der Waals surface area contributed by atoms with Crippen LogP contribution in [0.25, 0.3) is 16.6 Å². The maximum Gasteiger partial charge on any atom is 0.321 e. The molecule has 1 saturated heterocycles. The van der Waals surface area contributed by atoms with Crippen molar-refractivity contribution in [1.29, 1.82) is 0 Å². The number of nitrogens with zero attached hydrogens (tertiary/aromatic N) is 2. The Bertz CT molecular complexity index is 1670. The summed E-state index contributed by atoms with van der Waals surface area (Å²) in [6.45, 7) is 3.35. The van der Waals surface area contributed by atoms with Crippen molar-refractivity contribution < 1.29 is 37.3 Å². The lowest BCUT2D eigenvalue weighted by Gasteiger charge is -2.35. The Balaban J connectivity index is 1.24. The molecule has 2 aliphatic heterocycles. The van der Waals surface area contributed by atoms with Crippen LogP contribution in [0.5, 0.6) is 17.2 Å². The van der Waals surface area contributed by atoms with Gasteiger partial charge in [-0.2, -0.15) is 13.9 Å². The van der Waals surface area contributed by atoms with Gasteiger partial charge in [-0.05, 0) is 61.9 Å². The van der Waals surface area contributed by atoms with Gasteiger partial charge in [-0.25, -0.2) is 4.68 Å². The first kappa shape index (κ1) is 29.4. The van der Waals surface area contributed by atoms with Gasteiger partial charge in [0.25, 0.3) is 11.8 Å². The molecule has 0 spiro atoms. The zero-order valence-corrected chi connectivity index (χ0v) is 24.2. The molecule has 1 aromatic heterocycles. The molecule has 2 unspecified atom stereocenters. The topological polar surface area (TPSA) is 113 Å². The minimum Gasteiger partial charge on any atom is -0.486 e. The molecule has 2 aliphatic rings. The van der Waals surface area contributed by atoms with Gasteiger partial charge >= 0.3 is 5.92 Å². The van der Waals surface area contributed by atoms with Gasteiger partial charge in [0.05, 0.1) is 36.1 Å². The normalized spacial score (nSPS) is 19.3. The van der Waals surface area contributed by atoms with Gasteiger partial charge in [0.2, 0.25) is 0 Å². The lowest BCUT2D eigenvalue weighted by molar-refractivity contribution is -0.145. The number of carbonyl (C=O) groups is 2. The number of carbonyl (C=O) groups excluding carboxylic acids is 2. The van der Waals surface area contributed by atoms with Crippen molar-refractivity contribution in [2.45, 2.75) is 50.5 Å². The number of amides is 2. The molecule has 0 bridgehead atoms. The molecule has 10 nitrogen and oxygen atoms in total. The quantitative estimate of drug-likeness (QED) is 0.292. The summed E-state index contributed by atoms with van der Waals surface area (Å²) in [4.78, 5) is 25.0. The number of benzene rings is 3. The van der Waals surface area contributed by atoms with Crippen LogP contribution in [0.4, 0.5) is 8.78 Å². The van der Waals surface area contributed by atoms with Crippen LogP contribution in [-0.2, 0) is 9.53 Å². The first-order valence-electron chi connectivity index (χ1n) is 14.4. The molecule has 230 valence electrons. The summed E-state index contributed by atoms with van der Waals surface area (Å²) in [7, 11) is 0. The lowest BCUT2D eigenvalue weighted by Crippen LogP contribution is -2.56. The number of para-hydroxylation sites is 2. The van der Waals surface area contributed by atoms with Crippen molar-refractivity contribution in [2.24, 2.45) is 0 Å². The second-order valence-corrected chi connectivity index (χ2v) is 11.0. The van der Waals surface area contributed by atoms with Crippen molar-refractivity contribution in [3.63, 3.8) is 0 Å². The summed E-state index contributed by atoms with van der Waals surface area (Å²) in [6.07, 6.45) is 0.847. The Labute approximate surface area is 252 Å². The number of hydrogen-bond donors (Lipinski definition) is 2. The molecule has 0 aliphatic carbocycles. The molecule has 1 fully saturated rings. The average Bonchev–Trinajstić information content (AvgIpc) is 3.69. The number of nitrogens with one attached hydrogen (secondary N) is 2. The van der Waals surface area contributed by atoms with Crippen LogP contribution in [-0.4, -0.2) is 71.6 Å². The van der Waals surface area contributed by atoms with Crippen LogP contribution in [0, 0.1) is 0 Å². The zero-order valence-electron chi connectivity index (χ0n) is 24.2. The monoisotopic (exact) mass is 606 g/mol. The van der Waals surface area contributed by atoms with E-state index in [-0.39, 0.29) is 18.6 Å². The van der Waals surface area contributed by atoms with Crippen molar-refractivity contribution in [1.82, 2.24) is 20.4 Å². The van der Waals surface area contributed by atoms with Gasteiger partial charge in [-0.15, -0.1) is 0 Å².